The van der Waals surface area contributed by atoms with Gasteiger partial charge in [0.1, 0.15) is 6.10 Å². The molecule has 4 nitrogen and oxygen atoms in total. The molecule has 4 rings (SSSR count). The Labute approximate surface area is 146 Å². The van der Waals surface area contributed by atoms with Gasteiger partial charge in [0.05, 0.1) is 6.10 Å². The van der Waals surface area contributed by atoms with Crippen molar-refractivity contribution in [3.63, 3.8) is 0 Å². The molecule has 3 saturated heterocycles. The molecule has 0 aliphatic carbocycles. The van der Waals surface area contributed by atoms with E-state index in [2.05, 4.69) is 4.90 Å². The Morgan fingerprint density at radius 1 is 1.16 bits per heavy atom. The van der Waals surface area contributed by atoms with Crippen LogP contribution in [0.1, 0.15) is 31.2 Å². The number of rotatable bonds is 3. The molecule has 1 aromatic rings. The molecule has 3 atom stereocenters. The first-order valence-corrected chi connectivity index (χ1v) is 9.20. The van der Waals surface area contributed by atoms with Crippen LogP contribution in [0.4, 0.5) is 8.78 Å². The van der Waals surface area contributed by atoms with E-state index in [1.807, 2.05) is 4.90 Å². The molecule has 0 unspecified atom stereocenters. The van der Waals surface area contributed by atoms with Crippen molar-refractivity contribution in [2.45, 2.75) is 44.4 Å². The molecule has 0 radical (unpaired) electrons. The molecule has 1 amide bonds. The molecule has 136 valence electrons. The number of hydrogen-bond donors (Lipinski definition) is 0. The van der Waals surface area contributed by atoms with Crippen LogP contribution in [0.5, 0.6) is 0 Å². The molecule has 0 aromatic heterocycles. The van der Waals surface area contributed by atoms with Crippen LogP contribution in [0.3, 0.4) is 0 Å². The standard InChI is InChI=1S/C19H24F2N2O2/c20-15-4-3-13(9-16(15)21)11-22-8-5-14-10-17(25-18(14)12-22)19(24)23-6-1-2-7-23/h3-4,9,14,17-18H,1-2,5-8,10-12H2/t14-,17-,18-/m0/s1. The molecule has 0 saturated carbocycles. The van der Waals surface area contributed by atoms with Crippen LogP contribution in [0.2, 0.25) is 0 Å². The van der Waals surface area contributed by atoms with Crippen molar-refractivity contribution in [1.82, 2.24) is 9.80 Å². The van der Waals surface area contributed by atoms with E-state index in [-0.39, 0.29) is 18.1 Å². The Morgan fingerprint density at radius 3 is 2.72 bits per heavy atom. The highest BCUT2D eigenvalue weighted by molar-refractivity contribution is 5.81. The van der Waals surface area contributed by atoms with Gasteiger partial charge < -0.3 is 9.64 Å². The average Bonchev–Trinajstić information content (AvgIpc) is 3.26. The predicted molar refractivity (Wildman–Crippen MR) is 88.8 cm³/mol. The first kappa shape index (κ1) is 16.9. The van der Waals surface area contributed by atoms with Crippen molar-refractivity contribution in [2.75, 3.05) is 26.2 Å². The lowest BCUT2D eigenvalue weighted by Gasteiger charge is -2.34. The molecular weight excluding hydrogens is 326 g/mol. The summed E-state index contributed by atoms with van der Waals surface area (Å²) in [7, 11) is 0. The van der Waals surface area contributed by atoms with Gasteiger partial charge in [-0.25, -0.2) is 8.78 Å². The van der Waals surface area contributed by atoms with E-state index in [1.54, 1.807) is 6.07 Å². The van der Waals surface area contributed by atoms with Crippen LogP contribution in [-0.4, -0.2) is 54.1 Å². The molecule has 6 heteroatoms. The summed E-state index contributed by atoms with van der Waals surface area (Å²) in [6, 6.07) is 4.06. The highest BCUT2D eigenvalue weighted by Crippen LogP contribution is 2.34. The second-order valence-electron chi connectivity index (χ2n) is 7.46. The predicted octanol–water partition coefficient (Wildman–Crippen LogP) is 2.57. The SMILES string of the molecule is O=C([C@@H]1C[C@@H]2CCN(Cc3ccc(F)c(F)c3)C[C@@H]2O1)N1CCCC1. The van der Waals surface area contributed by atoms with E-state index in [1.165, 1.54) is 12.1 Å². The largest absolute Gasteiger partial charge is 0.364 e. The van der Waals surface area contributed by atoms with E-state index in [0.29, 0.717) is 12.5 Å². The zero-order valence-corrected chi connectivity index (χ0v) is 14.3. The molecule has 0 N–H and O–H groups in total. The maximum Gasteiger partial charge on any atom is 0.251 e. The first-order valence-electron chi connectivity index (χ1n) is 9.20. The number of nitrogens with zero attached hydrogens (tertiary/aromatic N) is 2. The van der Waals surface area contributed by atoms with Gasteiger partial charge in [-0.05, 0) is 55.8 Å². The number of hydrogen-bond acceptors (Lipinski definition) is 3. The summed E-state index contributed by atoms with van der Waals surface area (Å²) in [5, 5.41) is 0. The van der Waals surface area contributed by atoms with Gasteiger partial charge in [-0.1, -0.05) is 6.07 Å². The summed E-state index contributed by atoms with van der Waals surface area (Å²) in [4.78, 5) is 16.7. The number of fused-ring (bicyclic) bond motifs is 1. The number of halogens is 2. The van der Waals surface area contributed by atoms with Crippen LogP contribution >= 0.6 is 0 Å². The fraction of sp³-hybridized carbons (Fsp3) is 0.632. The summed E-state index contributed by atoms with van der Waals surface area (Å²) in [5.41, 5.74) is 0.764. The molecule has 0 spiro atoms. The van der Waals surface area contributed by atoms with Crippen LogP contribution in [-0.2, 0) is 16.1 Å². The minimum Gasteiger partial charge on any atom is -0.364 e. The fourth-order valence-electron chi connectivity index (χ4n) is 4.33. The van der Waals surface area contributed by atoms with Crippen molar-refractivity contribution >= 4 is 5.91 Å². The minimum absolute atomic E-state index is 0.0654. The number of amides is 1. The summed E-state index contributed by atoms with van der Waals surface area (Å²) in [5.74, 6) is -1.04. The van der Waals surface area contributed by atoms with Crippen molar-refractivity contribution in [2.24, 2.45) is 5.92 Å². The number of piperidine rings is 1. The lowest BCUT2D eigenvalue weighted by atomic mass is 9.91. The Kier molecular flexibility index (Phi) is 4.73. The third-order valence-corrected chi connectivity index (χ3v) is 5.72. The van der Waals surface area contributed by atoms with Crippen molar-refractivity contribution in [3.05, 3.63) is 35.4 Å². The minimum atomic E-state index is -0.815. The zero-order valence-electron chi connectivity index (χ0n) is 14.3. The number of ether oxygens (including phenoxy) is 1. The topological polar surface area (TPSA) is 32.8 Å². The van der Waals surface area contributed by atoms with Gasteiger partial charge in [0.2, 0.25) is 0 Å². The lowest BCUT2D eigenvalue weighted by Crippen LogP contribution is -2.42. The molecule has 3 heterocycles. The quantitative estimate of drug-likeness (QED) is 0.840. The van der Waals surface area contributed by atoms with Gasteiger partial charge in [0.25, 0.3) is 5.91 Å². The number of likely N-dealkylation sites (tertiary alicyclic amines) is 2. The van der Waals surface area contributed by atoms with E-state index in [9.17, 15) is 13.6 Å². The third kappa shape index (κ3) is 3.55. The maximum absolute atomic E-state index is 13.4. The molecule has 3 aliphatic heterocycles. The van der Waals surface area contributed by atoms with E-state index in [4.69, 9.17) is 4.74 Å². The van der Waals surface area contributed by atoms with Gasteiger partial charge in [-0.15, -0.1) is 0 Å². The van der Waals surface area contributed by atoms with Gasteiger partial charge in [-0.2, -0.15) is 0 Å². The third-order valence-electron chi connectivity index (χ3n) is 5.72. The average molecular weight is 350 g/mol. The van der Waals surface area contributed by atoms with E-state index < -0.39 is 11.6 Å². The summed E-state index contributed by atoms with van der Waals surface area (Å²) >= 11 is 0. The Balaban J connectivity index is 1.35. The fourth-order valence-corrected chi connectivity index (χ4v) is 4.33. The number of carbonyl (C=O) groups is 1. The highest BCUT2D eigenvalue weighted by atomic mass is 19.2. The first-order chi connectivity index (χ1) is 12.1. The van der Waals surface area contributed by atoms with Crippen LogP contribution in [0, 0.1) is 17.6 Å². The monoisotopic (exact) mass is 350 g/mol. The van der Waals surface area contributed by atoms with Crippen LogP contribution in [0.15, 0.2) is 18.2 Å². The van der Waals surface area contributed by atoms with Crippen LogP contribution in [0.25, 0.3) is 0 Å². The van der Waals surface area contributed by atoms with Gasteiger partial charge >= 0.3 is 0 Å². The maximum atomic E-state index is 13.4. The van der Waals surface area contributed by atoms with Crippen molar-refractivity contribution in [3.8, 4) is 0 Å². The van der Waals surface area contributed by atoms with Crippen LogP contribution < -0.4 is 0 Å². The second kappa shape index (κ2) is 7.00. The number of carbonyl (C=O) groups excluding carboxylic acids is 1. The normalized spacial score (nSPS) is 29.8. The molecule has 1 aromatic carbocycles. The number of benzene rings is 1. The van der Waals surface area contributed by atoms with Crippen molar-refractivity contribution < 1.29 is 18.3 Å². The molecular formula is C19H24F2N2O2. The molecule has 3 fully saturated rings. The van der Waals surface area contributed by atoms with Gasteiger partial charge in [0, 0.05) is 26.2 Å². The summed E-state index contributed by atoms with van der Waals surface area (Å²) < 4.78 is 32.5. The summed E-state index contributed by atoms with van der Waals surface area (Å²) in [6.45, 7) is 3.93. The zero-order chi connectivity index (χ0) is 17.4. The molecule has 25 heavy (non-hydrogen) atoms. The molecule has 3 aliphatic rings. The van der Waals surface area contributed by atoms with Gasteiger partial charge in [0.15, 0.2) is 11.6 Å². The Bertz CT molecular complexity index is 648. The Morgan fingerprint density at radius 2 is 1.96 bits per heavy atom. The van der Waals surface area contributed by atoms with Gasteiger partial charge in [-0.3, -0.25) is 9.69 Å². The molecule has 0 bridgehead atoms. The van der Waals surface area contributed by atoms with Crippen molar-refractivity contribution in [1.29, 1.82) is 0 Å². The lowest BCUT2D eigenvalue weighted by molar-refractivity contribution is -0.142. The smallest absolute Gasteiger partial charge is 0.251 e. The van der Waals surface area contributed by atoms with E-state index >= 15 is 0 Å². The Hall–Kier alpha value is -1.53. The highest BCUT2D eigenvalue weighted by Gasteiger charge is 2.43. The summed E-state index contributed by atoms with van der Waals surface area (Å²) in [6.07, 6.45) is 3.75. The second-order valence-corrected chi connectivity index (χ2v) is 7.46. The van der Waals surface area contributed by atoms with E-state index in [0.717, 1.165) is 57.4 Å².